The Kier molecular flexibility index (Phi) is 4.65. The Morgan fingerprint density at radius 3 is 2.79 bits per heavy atom. The Morgan fingerprint density at radius 1 is 1.25 bits per heavy atom. The van der Waals surface area contributed by atoms with Gasteiger partial charge in [-0.25, -0.2) is 4.98 Å². The smallest absolute Gasteiger partial charge is 0.227 e. The highest BCUT2D eigenvalue weighted by Crippen LogP contribution is 2.28. The van der Waals surface area contributed by atoms with Crippen molar-refractivity contribution in [2.75, 3.05) is 5.32 Å². The van der Waals surface area contributed by atoms with E-state index in [1.807, 2.05) is 56.3 Å². The summed E-state index contributed by atoms with van der Waals surface area (Å²) in [5.41, 5.74) is 4.30. The van der Waals surface area contributed by atoms with Crippen molar-refractivity contribution in [1.29, 1.82) is 0 Å². The predicted octanol–water partition coefficient (Wildman–Crippen LogP) is 5.18. The number of carbonyl (C=O) groups excluding carboxylic acids is 1. The summed E-state index contributed by atoms with van der Waals surface area (Å²) >= 11 is 0. The zero-order valence-electron chi connectivity index (χ0n) is 14.3. The summed E-state index contributed by atoms with van der Waals surface area (Å²) in [6.07, 6.45) is 1.88. The van der Waals surface area contributed by atoms with Crippen molar-refractivity contribution in [3.8, 4) is 11.5 Å². The number of fused-ring (bicyclic) bond motifs is 1. The Bertz CT molecular complexity index is 867. The van der Waals surface area contributed by atoms with Gasteiger partial charge in [-0.15, -0.1) is 0 Å². The number of anilines is 1. The number of amides is 1. The Morgan fingerprint density at radius 2 is 2.04 bits per heavy atom. The first-order valence-corrected chi connectivity index (χ1v) is 8.36. The third kappa shape index (κ3) is 3.32. The maximum absolute atomic E-state index is 12.2. The predicted molar refractivity (Wildman–Crippen MR) is 96.9 cm³/mol. The van der Waals surface area contributed by atoms with Crippen molar-refractivity contribution in [3.05, 3.63) is 48.0 Å². The Hall–Kier alpha value is -2.62. The lowest BCUT2D eigenvalue weighted by Crippen LogP contribution is -2.20. The first-order chi connectivity index (χ1) is 11.6. The number of carbonyl (C=O) groups is 1. The molecule has 0 spiro atoms. The van der Waals surface area contributed by atoms with Gasteiger partial charge in [-0.05, 0) is 37.1 Å². The topological polar surface area (TPSA) is 55.1 Å². The van der Waals surface area contributed by atoms with E-state index in [2.05, 4.69) is 17.2 Å². The molecule has 2 aromatic carbocycles. The van der Waals surface area contributed by atoms with Crippen LogP contribution in [0.25, 0.3) is 22.6 Å². The summed E-state index contributed by atoms with van der Waals surface area (Å²) in [7, 11) is 0. The fraction of sp³-hybridized carbons (Fsp3) is 0.300. The first-order valence-electron chi connectivity index (χ1n) is 8.36. The van der Waals surface area contributed by atoms with Crippen LogP contribution in [0.4, 0.5) is 5.69 Å². The van der Waals surface area contributed by atoms with Crippen LogP contribution in [0.5, 0.6) is 0 Å². The molecule has 1 aromatic heterocycles. The monoisotopic (exact) mass is 322 g/mol. The maximum atomic E-state index is 12.2. The molecule has 4 nitrogen and oxygen atoms in total. The van der Waals surface area contributed by atoms with Gasteiger partial charge in [0.15, 0.2) is 5.58 Å². The highest BCUT2D eigenvalue weighted by atomic mass is 16.3. The van der Waals surface area contributed by atoms with E-state index in [0.29, 0.717) is 11.5 Å². The molecule has 1 heterocycles. The highest BCUT2D eigenvalue weighted by Gasteiger charge is 2.14. The third-order valence-electron chi connectivity index (χ3n) is 4.20. The average Bonchev–Trinajstić information content (AvgIpc) is 2.98. The zero-order valence-corrected chi connectivity index (χ0v) is 14.3. The second-order valence-electron chi connectivity index (χ2n) is 6.20. The molecule has 4 heteroatoms. The lowest BCUT2D eigenvalue weighted by molar-refractivity contribution is -0.119. The van der Waals surface area contributed by atoms with Crippen LogP contribution < -0.4 is 5.32 Å². The summed E-state index contributed by atoms with van der Waals surface area (Å²) in [5, 5.41) is 2.95. The van der Waals surface area contributed by atoms with Crippen molar-refractivity contribution in [2.45, 2.75) is 33.6 Å². The maximum Gasteiger partial charge on any atom is 0.227 e. The molecule has 0 radical (unpaired) electrons. The molecule has 124 valence electrons. The van der Waals surface area contributed by atoms with Gasteiger partial charge < -0.3 is 9.73 Å². The van der Waals surface area contributed by atoms with Crippen LogP contribution in [0, 0.1) is 12.8 Å². The van der Waals surface area contributed by atoms with Gasteiger partial charge >= 0.3 is 0 Å². The number of hydrogen-bond acceptors (Lipinski definition) is 3. The number of nitrogens with zero attached hydrogens (tertiary/aromatic N) is 1. The number of rotatable bonds is 5. The van der Waals surface area contributed by atoms with Crippen molar-refractivity contribution in [2.24, 2.45) is 5.92 Å². The van der Waals surface area contributed by atoms with Gasteiger partial charge in [0.25, 0.3) is 0 Å². The summed E-state index contributed by atoms with van der Waals surface area (Å²) < 4.78 is 5.90. The largest absolute Gasteiger partial charge is 0.436 e. The van der Waals surface area contributed by atoms with Crippen molar-refractivity contribution < 1.29 is 9.21 Å². The molecule has 1 amide bonds. The van der Waals surface area contributed by atoms with E-state index < -0.39 is 0 Å². The van der Waals surface area contributed by atoms with Crippen LogP contribution in [-0.2, 0) is 4.79 Å². The van der Waals surface area contributed by atoms with E-state index in [1.54, 1.807) is 0 Å². The fourth-order valence-corrected chi connectivity index (χ4v) is 2.76. The average molecular weight is 322 g/mol. The van der Waals surface area contributed by atoms with Gasteiger partial charge in [0.1, 0.15) is 5.52 Å². The van der Waals surface area contributed by atoms with Crippen LogP contribution in [0.2, 0.25) is 0 Å². The summed E-state index contributed by atoms with van der Waals surface area (Å²) in [5.74, 6) is 0.642. The van der Waals surface area contributed by atoms with Gasteiger partial charge in [0.05, 0.1) is 0 Å². The lowest BCUT2D eigenvalue weighted by Gasteiger charge is -2.10. The molecule has 0 aliphatic rings. The van der Waals surface area contributed by atoms with Crippen molar-refractivity contribution in [3.63, 3.8) is 0 Å². The van der Waals surface area contributed by atoms with Crippen LogP contribution in [0.1, 0.15) is 32.3 Å². The van der Waals surface area contributed by atoms with E-state index in [-0.39, 0.29) is 11.8 Å². The molecule has 0 fully saturated rings. The van der Waals surface area contributed by atoms with E-state index in [9.17, 15) is 4.79 Å². The number of hydrogen-bond donors (Lipinski definition) is 1. The van der Waals surface area contributed by atoms with Gasteiger partial charge in [-0.2, -0.15) is 0 Å². The molecule has 0 saturated carbocycles. The van der Waals surface area contributed by atoms with Gasteiger partial charge in [-0.1, -0.05) is 38.5 Å². The number of aromatic nitrogens is 1. The third-order valence-corrected chi connectivity index (χ3v) is 4.20. The van der Waals surface area contributed by atoms with Crippen LogP contribution in [0.15, 0.2) is 46.9 Å². The quantitative estimate of drug-likeness (QED) is 0.704. The molecule has 1 atom stereocenters. The van der Waals surface area contributed by atoms with E-state index >= 15 is 0 Å². The van der Waals surface area contributed by atoms with E-state index in [0.717, 1.165) is 35.2 Å². The molecule has 3 aromatic rings. The number of oxazole rings is 1. The molecule has 1 N–H and O–H groups in total. The fourth-order valence-electron chi connectivity index (χ4n) is 2.76. The number of nitrogens with one attached hydrogen (secondary N) is 1. The Balaban J connectivity index is 1.87. The van der Waals surface area contributed by atoms with Crippen molar-refractivity contribution >= 4 is 22.7 Å². The summed E-state index contributed by atoms with van der Waals surface area (Å²) in [6.45, 7) is 6.06. The molecule has 0 bridgehead atoms. The van der Waals surface area contributed by atoms with E-state index in [1.165, 1.54) is 0 Å². The molecular formula is C20H22N2O2. The van der Waals surface area contributed by atoms with Crippen LogP contribution >= 0.6 is 0 Å². The van der Waals surface area contributed by atoms with Gasteiger partial charge in [-0.3, -0.25) is 4.79 Å². The second kappa shape index (κ2) is 6.87. The second-order valence-corrected chi connectivity index (χ2v) is 6.20. The Labute approximate surface area is 141 Å². The molecule has 0 aliphatic heterocycles. The number of aryl methyl sites for hydroxylation is 1. The molecular weight excluding hydrogens is 300 g/mol. The van der Waals surface area contributed by atoms with Gasteiger partial charge in [0, 0.05) is 23.2 Å². The minimum atomic E-state index is 0.00273. The molecule has 24 heavy (non-hydrogen) atoms. The minimum absolute atomic E-state index is 0.00273. The minimum Gasteiger partial charge on any atom is -0.436 e. The summed E-state index contributed by atoms with van der Waals surface area (Å²) in [4.78, 5) is 16.7. The molecule has 0 saturated heterocycles. The van der Waals surface area contributed by atoms with Crippen LogP contribution in [-0.4, -0.2) is 10.9 Å². The first kappa shape index (κ1) is 16.2. The zero-order chi connectivity index (χ0) is 17.1. The highest BCUT2D eigenvalue weighted by molar-refractivity contribution is 5.94. The van der Waals surface area contributed by atoms with Crippen LogP contribution in [0.3, 0.4) is 0 Å². The summed E-state index contributed by atoms with van der Waals surface area (Å²) in [6, 6.07) is 13.6. The van der Waals surface area contributed by atoms with E-state index in [4.69, 9.17) is 4.42 Å². The molecule has 3 rings (SSSR count). The SMILES string of the molecule is CCCC(C)C(=O)Nc1ccc2nc(-c3ccccc3C)oc2c1. The van der Waals surface area contributed by atoms with Crippen molar-refractivity contribution in [1.82, 2.24) is 4.98 Å². The van der Waals surface area contributed by atoms with Gasteiger partial charge in [0.2, 0.25) is 11.8 Å². The lowest BCUT2D eigenvalue weighted by atomic mass is 10.1. The molecule has 0 aliphatic carbocycles. The molecule has 1 unspecified atom stereocenters. The normalized spacial score (nSPS) is 12.3. The number of benzene rings is 2. The standard InChI is InChI=1S/C20H22N2O2/c1-4-7-14(3)19(23)21-15-10-11-17-18(12-15)24-20(22-17)16-9-6-5-8-13(16)2/h5-6,8-12,14H,4,7H2,1-3H3,(H,21,23).